The molecule has 0 saturated heterocycles. The number of amides is 1. The highest BCUT2D eigenvalue weighted by molar-refractivity contribution is 5.95. The number of aliphatic hydroxyl groups is 1. The number of halogens is 5. The average Bonchev–Trinajstić information content (AvgIpc) is 2.36. The molecule has 0 fully saturated rings. The molecule has 1 aromatic carbocycles. The number of rotatable bonds is 5. The van der Waals surface area contributed by atoms with Crippen LogP contribution in [0.1, 0.15) is 10.4 Å². The molecule has 0 spiro atoms. The van der Waals surface area contributed by atoms with Gasteiger partial charge in [0.2, 0.25) is 0 Å². The molecule has 1 unspecified atom stereocenters. The summed E-state index contributed by atoms with van der Waals surface area (Å²) in [6, 6.07) is 2.69. The van der Waals surface area contributed by atoms with E-state index < -0.39 is 42.8 Å². The van der Waals surface area contributed by atoms with E-state index in [1.54, 1.807) is 0 Å². The van der Waals surface area contributed by atoms with Crippen LogP contribution in [0.2, 0.25) is 0 Å². The fourth-order valence-electron chi connectivity index (χ4n) is 1.30. The Labute approximate surface area is 115 Å². The average molecular weight is 314 g/mol. The van der Waals surface area contributed by atoms with Gasteiger partial charge in [-0.05, 0) is 18.2 Å². The number of anilines is 1. The third-order valence-corrected chi connectivity index (χ3v) is 2.26. The van der Waals surface area contributed by atoms with E-state index in [9.17, 15) is 26.7 Å². The van der Waals surface area contributed by atoms with E-state index in [0.717, 1.165) is 18.2 Å². The largest absolute Gasteiger partial charge is 0.573 e. The van der Waals surface area contributed by atoms with Gasteiger partial charge >= 0.3 is 6.36 Å². The Hall–Kier alpha value is -2.10. The Bertz CT molecular complexity index is 507. The van der Waals surface area contributed by atoms with Crippen LogP contribution in [-0.2, 0) is 0 Å². The van der Waals surface area contributed by atoms with Crippen LogP contribution >= 0.6 is 0 Å². The van der Waals surface area contributed by atoms with Crippen LogP contribution in [0.4, 0.5) is 27.6 Å². The van der Waals surface area contributed by atoms with Gasteiger partial charge in [0.15, 0.2) is 5.75 Å². The lowest BCUT2D eigenvalue weighted by molar-refractivity contribution is -0.274. The third-order valence-electron chi connectivity index (χ3n) is 2.26. The number of hydrogen-bond acceptors (Lipinski definition) is 4. The van der Waals surface area contributed by atoms with Crippen molar-refractivity contribution < 1.29 is 36.6 Å². The Kier molecular flexibility index (Phi) is 5.30. The molecular formula is C11H11F5N2O3. The summed E-state index contributed by atoms with van der Waals surface area (Å²) >= 11 is 0. The van der Waals surface area contributed by atoms with Crippen molar-refractivity contribution in [2.24, 2.45) is 0 Å². The van der Waals surface area contributed by atoms with Gasteiger partial charge in [-0.3, -0.25) is 4.79 Å². The summed E-state index contributed by atoms with van der Waals surface area (Å²) in [4.78, 5) is 11.5. The van der Waals surface area contributed by atoms with Gasteiger partial charge in [0.05, 0.1) is 5.69 Å². The second kappa shape index (κ2) is 6.57. The molecule has 1 atom stereocenters. The van der Waals surface area contributed by atoms with Crippen molar-refractivity contribution in [1.82, 2.24) is 5.32 Å². The van der Waals surface area contributed by atoms with Crippen molar-refractivity contribution in [3.05, 3.63) is 23.8 Å². The van der Waals surface area contributed by atoms with Crippen molar-refractivity contribution in [2.75, 3.05) is 12.3 Å². The first kappa shape index (κ1) is 17.0. The van der Waals surface area contributed by atoms with Crippen LogP contribution in [0.25, 0.3) is 0 Å². The predicted octanol–water partition coefficient (Wildman–Crippen LogP) is 1.52. The number of nitrogens with two attached hydrogens (primary N) is 1. The summed E-state index contributed by atoms with van der Waals surface area (Å²) in [5, 5.41) is 10.8. The molecule has 5 nitrogen and oxygen atoms in total. The topological polar surface area (TPSA) is 84.6 Å². The van der Waals surface area contributed by atoms with Crippen molar-refractivity contribution in [3.8, 4) is 5.75 Å². The highest BCUT2D eigenvalue weighted by Crippen LogP contribution is 2.28. The second-order valence-corrected chi connectivity index (χ2v) is 3.91. The lowest BCUT2D eigenvalue weighted by Gasteiger charge is -2.13. The summed E-state index contributed by atoms with van der Waals surface area (Å²) in [5.74, 6) is -1.56. The number of ether oxygens (including phenoxy) is 1. The van der Waals surface area contributed by atoms with E-state index in [-0.39, 0.29) is 5.56 Å². The molecule has 1 rings (SSSR count). The molecule has 10 heteroatoms. The smallest absolute Gasteiger partial charge is 0.404 e. The van der Waals surface area contributed by atoms with Crippen molar-refractivity contribution >= 4 is 11.6 Å². The minimum Gasteiger partial charge on any atom is -0.404 e. The standard InChI is InChI=1S/C11H11F5N2O3/c12-9(13)7(19)4-18-10(20)5-1-2-8(6(17)3-5)21-11(14,15)16/h1-3,7,9,19H,4,17H2,(H,18,20). The zero-order chi connectivity index (χ0) is 16.2. The molecule has 0 saturated carbocycles. The summed E-state index contributed by atoms with van der Waals surface area (Å²) < 4.78 is 63.7. The van der Waals surface area contributed by atoms with Gasteiger partial charge in [-0.25, -0.2) is 8.78 Å². The Morgan fingerprint density at radius 1 is 1.38 bits per heavy atom. The molecule has 0 aliphatic heterocycles. The molecule has 4 N–H and O–H groups in total. The zero-order valence-electron chi connectivity index (χ0n) is 10.3. The fraction of sp³-hybridized carbons (Fsp3) is 0.364. The molecule has 0 bridgehead atoms. The summed E-state index contributed by atoms with van der Waals surface area (Å²) in [6.45, 7) is -0.711. The first-order valence-electron chi connectivity index (χ1n) is 5.50. The fourth-order valence-corrected chi connectivity index (χ4v) is 1.30. The van der Waals surface area contributed by atoms with E-state index in [2.05, 4.69) is 4.74 Å². The van der Waals surface area contributed by atoms with Gasteiger partial charge < -0.3 is 20.9 Å². The van der Waals surface area contributed by atoms with Crippen LogP contribution in [-0.4, -0.2) is 36.5 Å². The monoisotopic (exact) mass is 314 g/mol. The molecule has 0 radical (unpaired) electrons. The summed E-state index contributed by atoms with van der Waals surface area (Å²) in [6.07, 6.45) is -10.0. The maximum Gasteiger partial charge on any atom is 0.573 e. The number of carbonyl (C=O) groups is 1. The van der Waals surface area contributed by atoms with Crippen molar-refractivity contribution in [1.29, 1.82) is 0 Å². The third kappa shape index (κ3) is 5.42. The molecule has 118 valence electrons. The van der Waals surface area contributed by atoms with Gasteiger partial charge in [-0.15, -0.1) is 13.2 Å². The molecular weight excluding hydrogens is 303 g/mol. The summed E-state index contributed by atoms with van der Waals surface area (Å²) in [5.41, 5.74) is 4.68. The van der Waals surface area contributed by atoms with Gasteiger partial charge in [0, 0.05) is 12.1 Å². The Balaban J connectivity index is 2.72. The normalized spacial score (nSPS) is 13.1. The van der Waals surface area contributed by atoms with E-state index in [4.69, 9.17) is 10.8 Å². The molecule has 0 aliphatic carbocycles. The maximum atomic E-state index is 12.0. The van der Waals surface area contributed by atoms with Gasteiger partial charge in [-0.2, -0.15) is 0 Å². The van der Waals surface area contributed by atoms with E-state index in [1.165, 1.54) is 0 Å². The molecule has 0 aromatic heterocycles. The molecule has 21 heavy (non-hydrogen) atoms. The van der Waals surface area contributed by atoms with Gasteiger partial charge in [-0.1, -0.05) is 0 Å². The van der Waals surface area contributed by atoms with Crippen molar-refractivity contribution in [2.45, 2.75) is 18.9 Å². The van der Waals surface area contributed by atoms with E-state index >= 15 is 0 Å². The number of nitrogen functional groups attached to an aromatic ring is 1. The molecule has 1 amide bonds. The number of alkyl halides is 5. The zero-order valence-corrected chi connectivity index (χ0v) is 10.3. The van der Waals surface area contributed by atoms with Crippen LogP contribution in [0, 0.1) is 0 Å². The van der Waals surface area contributed by atoms with Crippen LogP contribution < -0.4 is 15.8 Å². The number of benzene rings is 1. The van der Waals surface area contributed by atoms with E-state index in [1.807, 2.05) is 5.32 Å². The second-order valence-electron chi connectivity index (χ2n) is 3.91. The quantitative estimate of drug-likeness (QED) is 0.568. The number of carbonyl (C=O) groups excluding carboxylic acids is 1. The van der Waals surface area contributed by atoms with Crippen molar-refractivity contribution in [3.63, 3.8) is 0 Å². The van der Waals surface area contributed by atoms with Gasteiger partial charge in [0.25, 0.3) is 12.3 Å². The summed E-state index contributed by atoms with van der Waals surface area (Å²) in [7, 11) is 0. The maximum absolute atomic E-state index is 12.0. The van der Waals surface area contributed by atoms with Crippen LogP contribution in [0.15, 0.2) is 18.2 Å². The predicted molar refractivity (Wildman–Crippen MR) is 61.9 cm³/mol. The minimum absolute atomic E-state index is 0.163. The first-order chi connectivity index (χ1) is 9.60. The van der Waals surface area contributed by atoms with Crippen LogP contribution in [0.3, 0.4) is 0 Å². The molecule has 0 heterocycles. The van der Waals surface area contributed by atoms with Gasteiger partial charge in [0.1, 0.15) is 6.10 Å². The SMILES string of the molecule is Nc1cc(C(=O)NCC(O)C(F)F)ccc1OC(F)(F)F. The number of hydrogen-bond donors (Lipinski definition) is 3. The molecule has 0 aliphatic rings. The number of nitrogens with one attached hydrogen (secondary N) is 1. The lowest BCUT2D eigenvalue weighted by atomic mass is 10.1. The van der Waals surface area contributed by atoms with Crippen LogP contribution in [0.5, 0.6) is 5.75 Å². The minimum atomic E-state index is -4.93. The first-order valence-corrected chi connectivity index (χ1v) is 5.50. The lowest BCUT2D eigenvalue weighted by Crippen LogP contribution is -2.35. The Morgan fingerprint density at radius 3 is 2.48 bits per heavy atom. The number of aliphatic hydroxyl groups excluding tert-OH is 1. The van der Waals surface area contributed by atoms with E-state index in [0.29, 0.717) is 0 Å². The Morgan fingerprint density at radius 2 is 2.00 bits per heavy atom. The highest BCUT2D eigenvalue weighted by atomic mass is 19.4. The highest BCUT2D eigenvalue weighted by Gasteiger charge is 2.32. The molecule has 1 aromatic rings.